The van der Waals surface area contributed by atoms with E-state index in [2.05, 4.69) is 9.97 Å². The Bertz CT molecular complexity index is 590. The van der Waals surface area contributed by atoms with E-state index in [0.717, 1.165) is 11.1 Å². The summed E-state index contributed by atoms with van der Waals surface area (Å²) in [5.41, 5.74) is 2.60. The number of hydrogen-bond acceptors (Lipinski definition) is 3. The number of rotatable bonds is 4. The Labute approximate surface area is 106 Å². The number of H-pyrrole nitrogens is 1. The van der Waals surface area contributed by atoms with Crippen LogP contribution in [-0.4, -0.2) is 16.6 Å². The molecule has 2 aromatic rings. The van der Waals surface area contributed by atoms with Gasteiger partial charge in [-0.3, -0.25) is 4.79 Å². The summed E-state index contributed by atoms with van der Waals surface area (Å²) >= 11 is 0. The van der Waals surface area contributed by atoms with E-state index < -0.39 is 0 Å². The van der Waals surface area contributed by atoms with Gasteiger partial charge in [0.2, 0.25) is 0 Å². The molecule has 1 heterocycles. The molecule has 4 nitrogen and oxygen atoms in total. The third-order valence-corrected chi connectivity index (χ3v) is 2.55. The summed E-state index contributed by atoms with van der Waals surface area (Å²) in [5.74, 6) is 0.556. The molecule has 0 atom stereocenters. The Morgan fingerprint density at radius 1 is 1.33 bits per heavy atom. The number of nitrogens with one attached hydrogen (secondary N) is 1. The van der Waals surface area contributed by atoms with Gasteiger partial charge in [0.15, 0.2) is 0 Å². The van der Waals surface area contributed by atoms with E-state index in [1.165, 1.54) is 6.07 Å². The number of aromatic nitrogens is 2. The molecule has 0 aliphatic rings. The van der Waals surface area contributed by atoms with Crippen LogP contribution in [0.1, 0.15) is 18.3 Å². The van der Waals surface area contributed by atoms with Crippen LogP contribution in [0.15, 0.2) is 35.1 Å². The third-order valence-electron chi connectivity index (χ3n) is 2.55. The van der Waals surface area contributed by atoms with E-state index in [9.17, 15) is 4.79 Å². The lowest BCUT2D eigenvalue weighted by molar-refractivity contribution is 0.128. The molecule has 0 spiro atoms. The number of ether oxygens (including phenoxy) is 1. The van der Waals surface area contributed by atoms with E-state index in [0.29, 0.717) is 24.7 Å². The predicted molar refractivity (Wildman–Crippen MR) is 70.4 cm³/mol. The Morgan fingerprint density at radius 2 is 2.17 bits per heavy atom. The van der Waals surface area contributed by atoms with Crippen LogP contribution >= 0.6 is 0 Å². The standard InChI is InChI=1S/C14H16N2O2/c1-3-18-9-13-15-12(8-14(17)16-13)11-6-4-5-10(2)7-11/h4-8H,3,9H2,1-2H3,(H,15,16,17). The van der Waals surface area contributed by atoms with Gasteiger partial charge in [0, 0.05) is 18.2 Å². The zero-order valence-electron chi connectivity index (χ0n) is 10.6. The minimum Gasteiger partial charge on any atom is -0.374 e. The maximum Gasteiger partial charge on any atom is 0.251 e. The monoisotopic (exact) mass is 244 g/mol. The summed E-state index contributed by atoms with van der Waals surface area (Å²) in [5, 5.41) is 0. The molecule has 0 aliphatic carbocycles. The molecular formula is C14H16N2O2. The normalized spacial score (nSPS) is 10.6. The fourth-order valence-electron chi connectivity index (χ4n) is 1.73. The van der Waals surface area contributed by atoms with Crippen molar-refractivity contribution < 1.29 is 4.74 Å². The van der Waals surface area contributed by atoms with Crippen molar-refractivity contribution in [2.75, 3.05) is 6.61 Å². The van der Waals surface area contributed by atoms with Crippen LogP contribution in [0.4, 0.5) is 0 Å². The Balaban J connectivity index is 2.38. The van der Waals surface area contributed by atoms with Crippen LogP contribution < -0.4 is 5.56 Å². The third kappa shape index (κ3) is 3.05. The number of nitrogens with zero attached hydrogens (tertiary/aromatic N) is 1. The molecule has 94 valence electrons. The van der Waals surface area contributed by atoms with Gasteiger partial charge in [0.25, 0.3) is 5.56 Å². The number of aryl methyl sites for hydroxylation is 1. The van der Waals surface area contributed by atoms with E-state index in [-0.39, 0.29) is 5.56 Å². The van der Waals surface area contributed by atoms with Crippen molar-refractivity contribution in [2.45, 2.75) is 20.5 Å². The van der Waals surface area contributed by atoms with Gasteiger partial charge in [-0.05, 0) is 19.9 Å². The van der Waals surface area contributed by atoms with Crippen LogP contribution in [0, 0.1) is 6.92 Å². The molecule has 1 aromatic heterocycles. The molecule has 0 saturated heterocycles. The smallest absolute Gasteiger partial charge is 0.251 e. The van der Waals surface area contributed by atoms with Crippen molar-refractivity contribution in [2.24, 2.45) is 0 Å². The lowest BCUT2D eigenvalue weighted by atomic mass is 10.1. The van der Waals surface area contributed by atoms with Gasteiger partial charge in [-0.2, -0.15) is 0 Å². The van der Waals surface area contributed by atoms with Crippen molar-refractivity contribution in [1.29, 1.82) is 0 Å². The summed E-state index contributed by atoms with van der Waals surface area (Å²) in [4.78, 5) is 18.7. The number of hydrogen-bond donors (Lipinski definition) is 1. The van der Waals surface area contributed by atoms with Gasteiger partial charge in [-0.15, -0.1) is 0 Å². The molecule has 1 aromatic carbocycles. The maximum atomic E-state index is 11.6. The molecule has 2 rings (SSSR count). The minimum atomic E-state index is -0.156. The molecule has 4 heteroatoms. The summed E-state index contributed by atoms with van der Waals surface area (Å²) in [6, 6.07) is 9.42. The van der Waals surface area contributed by atoms with E-state index in [1.807, 2.05) is 38.1 Å². The van der Waals surface area contributed by atoms with Gasteiger partial charge in [-0.25, -0.2) is 4.98 Å². The van der Waals surface area contributed by atoms with Crippen molar-refractivity contribution >= 4 is 0 Å². The second kappa shape index (κ2) is 5.60. The lowest BCUT2D eigenvalue weighted by Gasteiger charge is -2.05. The number of aromatic amines is 1. The van der Waals surface area contributed by atoms with Gasteiger partial charge in [-0.1, -0.05) is 23.8 Å². The van der Waals surface area contributed by atoms with Gasteiger partial charge in [0.05, 0.1) is 5.69 Å². The SMILES string of the molecule is CCOCc1nc(-c2cccc(C)c2)cc(=O)[nH]1. The topological polar surface area (TPSA) is 55.0 Å². The molecule has 1 N–H and O–H groups in total. The predicted octanol–water partition coefficient (Wildman–Crippen LogP) is 2.28. The second-order valence-electron chi connectivity index (χ2n) is 4.08. The van der Waals surface area contributed by atoms with Crippen molar-refractivity contribution in [3.8, 4) is 11.3 Å². The van der Waals surface area contributed by atoms with Crippen molar-refractivity contribution in [1.82, 2.24) is 9.97 Å². The zero-order chi connectivity index (χ0) is 13.0. The highest BCUT2D eigenvalue weighted by atomic mass is 16.5. The molecule has 0 bridgehead atoms. The molecule has 18 heavy (non-hydrogen) atoms. The zero-order valence-corrected chi connectivity index (χ0v) is 10.6. The quantitative estimate of drug-likeness (QED) is 0.897. The van der Waals surface area contributed by atoms with E-state index in [4.69, 9.17) is 4.74 Å². The second-order valence-corrected chi connectivity index (χ2v) is 4.08. The first-order chi connectivity index (χ1) is 8.69. The largest absolute Gasteiger partial charge is 0.374 e. The summed E-state index contributed by atoms with van der Waals surface area (Å²) in [7, 11) is 0. The average molecular weight is 244 g/mol. The molecule has 0 saturated carbocycles. The molecular weight excluding hydrogens is 228 g/mol. The molecule has 0 aliphatic heterocycles. The van der Waals surface area contributed by atoms with Crippen LogP contribution in [0.3, 0.4) is 0 Å². The Morgan fingerprint density at radius 3 is 2.89 bits per heavy atom. The first-order valence-corrected chi connectivity index (χ1v) is 5.94. The highest BCUT2D eigenvalue weighted by Gasteiger charge is 2.04. The first-order valence-electron chi connectivity index (χ1n) is 5.94. The van der Waals surface area contributed by atoms with Crippen LogP contribution in [0.25, 0.3) is 11.3 Å². The maximum absolute atomic E-state index is 11.6. The summed E-state index contributed by atoms with van der Waals surface area (Å²) in [6.45, 7) is 4.84. The van der Waals surface area contributed by atoms with E-state index in [1.54, 1.807) is 0 Å². The highest BCUT2D eigenvalue weighted by molar-refractivity contribution is 5.59. The fourth-order valence-corrected chi connectivity index (χ4v) is 1.73. The van der Waals surface area contributed by atoms with Gasteiger partial charge in [0.1, 0.15) is 12.4 Å². The number of benzene rings is 1. The summed E-state index contributed by atoms with van der Waals surface area (Å²) in [6.07, 6.45) is 0. The molecule has 0 amide bonds. The average Bonchev–Trinajstić information content (AvgIpc) is 2.36. The minimum absolute atomic E-state index is 0.156. The van der Waals surface area contributed by atoms with Crippen LogP contribution in [-0.2, 0) is 11.3 Å². The van der Waals surface area contributed by atoms with E-state index >= 15 is 0 Å². The Hall–Kier alpha value is -1.94. The molecule has 0 fully saturated rings. The lowest BCUT2D eigenvalue weighted by Crippen LogP contribution is -2.12. The van der Waals surface area contributed by atoms with Crippen molar-refractivity contribution in [3.05, 3.63) is 52.1 Å². The highest BCUT2D eigenvalue weighted by Crippen LogP contribution is 2.16. The van der Waals surface area contributed by atoms with Crippen LogP contribution in [0.5, 0.6) is 0 Å². The first kappa shape index (κ1) is 12.5. The van der Waals surface area contributed by atoms with Gasteiger partial charge < -0.3 is 9.72 Å². The molecule has 0 unspecified atom stereocenters. The Kier molecular flexibility index (Phi) is 3.89. The van der Waals surface area contributed by atoms with Crippen LogP contribution in [0.2, 0.25) is 0 Å². The molecule has 0 radical (unpaired) electrons. The summed E-state index contributed by atoms with van der Waals surface area (Å²) < 4.78 is 5.26. The van der Waals surface area contributed by atoms with Crippen molar-refractivity contribution in [3.63, 3.8) is 0 Å². The van der Waals surface area contributed by atoms with Gasteiger partial charge >= 0.3 is 0 Å². The fraction of sp³-hybridized carbons (Fsp3) is 0.286.